The summed E-state index contributed by atoms with van der Waals surface area (Å²) in [5.74, 6) is 3.19. The van der Waals surface area contributed by atoms with Crippen LogP contribution in [-0.2, 0) is 0 Å². The van der Waals surface area contributed by atoms with Gasteiger partial charge in [-0.15, -0.1) is 10.2 Å². The van der Waals surface area contributed by atoms with Crippen LogP contribution in [-0.4, -0.2) is 35.3 Å². The molecule has 1 aliphatic carbocycles. The first-order chi connectivity index (χ1) is 27.3. The Bertz CT molecular complexity index is 2920. The van der Waals surface area contributed by atoms with Gasteiger partial charge in [0.1, 0.15) is 23.0 Å². The fraction of sp³-hybridized carbons (Fsp3) is 0.0417. The second-order valence-corrected chi connectivity index (χ2v) is 13.9. The number of hydrogen-bond donors (Lipinski definition) is 0. The third-order valence-electron chi connectivity index (χ3n) is 10.8. The van der Waals surface area contributed by atoms with Crippen molar-refractivity contribution in [1.82, 2.24) is 29.3 Å². The second kappa shape index (κ2) is 12.6. The zero-order chi connectivity index (χ0) is 36.3. The number of aromatic nitrogens is 6. The highest BCUT2D eigenvalue weighted by Crippen LogP contribution is 2.47. The molecule has 0 radical (unpaired) electrons. The molecule has 0 saturated carbocycles. The number of pyridine rings is 2. The van der Waals surface area contributed by atoms with Gasteiger partial charge in [-0.25, -0.2) is 9.97 Å². The lowest BCUT2D eigenvalue weighted by molar-refractivity contribution is 0.738. The molecule has 11 rings (SSSR count). The molecule has 2 atom stereocenters. The average Bonchev–Trinajstić information content (AvgIpc) is 3.95. The quantitative estimate of drug-likeness (QED) is 0.172. The van der Waals surface area contributed by atoms with Crippen LogP contribution < -0.4 is 4.90 Å². The highest BCUT2D eigenvalue weighted by atomic mass is 15.3. The van der Waals surface area contributed by atoms with Crippen LogP contribution in [0.5, 0.6) is 0 Å². The van der Waals surface area contributed by atoms with E-state index in [-0.39, 0.29) is 12.0 Å². The van der Waals surface area contributed by atoms with Crippen LogP contribution in [0.15, 0.2) is 188 Å². The van der Waals surface area contributed by atoms with Gasteiger partial charge in [-0.05, 0) is 71.3 Å². The average molecular weight is 708 g/mol. The predicted molar refractivity (Wildman–Crippen MR) is 221 cm³/mol. The first-order valence-electron chi connectivity index (χ1n) is 18.6. The van der Waals surface area contributed by atoms with Crippen molar-refractivity contribution in [3.8, 4) is 45.7 Å². The van der Waals surface area contributed by atoms with Gasteiger partial charge in [0.05, 0.1) is 17.1 Å². The van der Waals surface area contributed by atoms with E-state index in [0.29, 0.717) is 17.3 Å². The number of allylic oxidation sites excluding steroid dienone is 2. The maximum Gasteiger partial charge on any atom is 0.187 e. The predicted octanol–water partition coefficient (Wildman–Crippen LogP) is 10.9. The van der Waals surface area contributed by atoms with Crippen LogP contribution in [0.1, 0.15) is 11.5 Å². The lowest BCUT2D eigenvalue weighted by Crippen LogP contribution is -2.29. The molecule has 1 aliphatic heterocycles. The SMILES string of the molecule is C1=CC2c3ccccc3N(c3cccc(-c4nnc(-c5cccc(-n6c7ccccc7c7ccccc76)n5)n4-c4cccc(-c5ccccc5)c4)n3)C2C=C1. The molecule has 4 aromatic heterocycles. The van der Waals surface area contributed by atoms with Crippen molar-refractivity contribution in [1.29, 1.82) is 0 Å². The first-order valence-corrected chi connectivity index (χ1v) is 18.6. The van der Waals surface area contributed by atoms with E-state index in [4.69, 9.17) is 20.2 Å². The summed E-state index contributed by atoms with van der Waals surface area (Å²) in [5.41, 5.74) is 9.23. The summed E-state index contributed by atoms with van der Waals surface area (Å²) in [4.78, 5) is 13.0. The molecule has 0 spiro atoms. The molecule has 0 N–H and O–H groups in total. The maximum atomic E-state index is 5.34. The number of para-hydroxylation sites is 3. The molecule has 7 nitrogen and oxygen atoms in total. The Kier molecular flexibility index (Phi) is 7.16. The van der Waals surface area contributed by atoms with Crippen LogP contribution in [0.2, 0.25) is 0 Å². The van der Waals surface area contributed by atoms with E-state index in [2.05, 4.69) is 178 Å². The Balaban J connectivity index is 1.09. The largest absolute Gasteiger partial charge is 0.318 e. The minimum Gasteiger partial charge on any atom is -0.318 e. The molecule has 0 saturated heterocycles. The van der Waals surface area contributed by atoms with Gasteiger partial charge in [0, 0.05) is 28.1 Å². The summed E-state index contributed by atoms with van der Waals surface area (Å²) in [5, 5.41) is 12.1. The van der Waals surface area contributed by atoms with E-state index < -0.39 is 0 Å². The van der Waals surface area contributed by atoms with E-state index in [1.54, 1.807) is 0 Å². The van der Waals surface area contributed by atoms with Gasteiger partial charge in [-0.2, -0.15) is 0 Å². The Labute approximate surface area is 317 Å². The van der Waals surface area contributed by atoms with E-state index in [0.717, 1.165) is 45.2 Å². The molecule has 0 amide bonds. The monoisotopic (exact) mass is 707 g/mol. The minimum absolute atomic E-state index is 0.133. The van der Waals surface area contributed by atoms with Crippen LogP contribution in [0, 0.1) is 0 Å². The summed E-state index contributed by atoms with van der Waals surface area (Å²) >= 11 is 0. The third-order valence-corrected chi connectivity index (χ3v) is 10.8. The molecule has 0 bridgehead atoms. The van der Waals surface area contributed by atoms with Gasteiger partial charge < -0.3 is 4.90 Å². The normalized spacial score (nSPS) is 15.8. The first kappa shape index (κ1) is 31.2. The van der Waals surface area contributed by atoms with E-state index in [1.165, 1.54) is 22.0 Å². The maximum absolute atomic E-state index is 5.34. The van der Waals surface area contributed by atoms with Gasteiger partial charge in [0.25, 0.3) is 0 Å². The molecular formula is C48H33N7. The third kappa shape index (κ3) is 5.05. The second-order valence-electron chi connectivity index (χ2n) is 13.9. The van der Waals surface area contributed by atoms with Crippen LogP contribution in [0.3, 0.4) is 0 Å². The molecule has 0 fully saturated rings. The van der Waals surface area contributed by atoms with Gasteiger partial charge in [0.2, 0.25) is 0 Å². The molecule has 7 heteroatoms. The summed E-state index contributed by atoms with van der Waals surface area (Å²) in [6, 6.07) is 57.0. The smallest absolute Gasteiger partial charge is 0.187 e. The summed E-state index contributed by atoms with van der Waals surface area (Å²) in [6.07, 6.45) is 8.83. The Morgan fingerprint density at radius 1 is 0.455 bits per heavy atom. The number of anilines is 2. The van der Waals surface area contributed by atoms with Crippen molar-refractivity contribution in [2.24, 2.45) is 0 Å². The van der Waals surface area contributed by atoms with Gasteiger partial charge >= 0.3 is 0 Å². The number of hydrogen-bond acceptors (Lipinski definition) is 5. The molecule has 5 heterocycles. The summed E-state index contributed by atoms with van der Waals surface area (Å²) in [7, 11) is 0. The molecule has 260 valence electrons. The molecule has 2 unspecified atom stereocenters. The Morgan fingerprint density at radius 3 is 1.82 bits per heavy atom. The van der Waals surface area contributed by atoms with Crippen molar-refractivity contribution >= 4 is 33.3 Å². The highest BCUT2D eigenvalue weighted by Gasteiger charge is 2.38. The van der Waals surface area contributed by atoms with Gasteiger partial charge in [-0.1, -0.05) is 133 Å². The highest BCUT2D eigenvalue weighted by molar-refractivity contribution is 6.09. The van der Waals surface area contributed by atoms with Gasteiger partial charge in [-0.3, -0.25) is 9.13 Å². The zero-order valence-electron chi connectivity index (χ0n) is 29.7. The molecular weight excluding hydrogens is 675 g/mol. The van der Waals surface area contributed by atoms with E-state index in [1.807, 2.05) is 24.3 Å². The van der Waals surface area contributed by atoms with Crippen molar-refractivity contribution in [2.45, 2.75) is 12.0 Å². The van der Waals surface area contributed by atoms with Crippen LogP contribution in [0.4, 0.5) is 11.5 Å². The van der Waals surface area contributed by atoms with Crippen molar-refractivity contribution in [2.75, 3.05) is 4.90 Å². The number of rotatable bonds is 6. The van der Waals surface area contributed by atoms with Crippen LogP contribution >= 0.6 is 0 Å². The fourth-order valence-electron chi connectivity index (χ4n) is 8.39. The lowest BCUT2D eigenvalue weighted by Gasteiger charge is -2.27. The summed E-state index contributed by atoms with van der Waals surface area (Å²) < 4.78 is 4.33. The number of benzene rings is 5. The lowest BCUT2D eigenvalue weighted by atomic mass is 9.91. The van der Waals surface area contributed by atoms with E-state index >= 15 is 0 Å². The molecule has 5 aromatic carbocycles. The van der Waals surface area contributed by atoms with Crippen LogP contribution in [0.25, 0.3) is 67.5 Å². The Morgan fingerprint density at radius 2 is 1.05 bits per heavy atom. The molecule has 9 aromatic rings. The van der Waals surface area contributed by atoms with E-state index in [9.17, 15) is 0 Å². The zero-order valence-corrected chi connectivity index (χ0v) is 29.7. The Hall–Kier alpha value is -7.38. The molecule has 2 aliphatic rings. The van der Waals surface area contributed by atoms with Crippen molar-refractivity contribution < 1.29 is 0 Å². The molecule has 55 heavy (non-hydrogen) atoms. The minimum atomic E-state index is 0.133. The number of fused-ring (bicyclic) bond motifs is 6. The van der Waals surface area contributed by atoms with Gasteiger partial charge in [0.15, 0.2) is 11.6 Å². The fourth-order valence-corrected chi connectivity index (χ4v) is 8.39. The van der Waals surface area contributed by atoms with Crippen molar-refractivity contribution in [3.63, 3.8) is 0 Å². The standard InChI is InChI=1S/C48H33N7/c1-2-15-32(16-3-1)33-17-12-18-34(31-33)53-47(39-23-13-29-45(49-39)54-41-25-8-4-19-35(41)36-20-5-9-26-42(36)54)51-52-48(53)40-24-14-30-46(50-40)55-43-27-10-6-21-37(43)38-22-7-11-28-44(38)55/h1-31,35,41H. The van der Waals surface area contributed by atoms with Crippen molar-refractivity contribution in [3.05, 3.63) is 194 Å². The number of nitrogens with zero attached hydrogens (tertiary/aromatic N) is 7. The summed E-state index contributed by atoms with van der Waals surface area (Å²) in [6.45, 7) is 0. The topological polar surface area (TPSA) is 64.7 Å².